The van der Waals surface area contributed by atoms with E-state index in [9.17, 15) is 4.39 Å². The number of methoxy groups -OCH3 is 1. The Kier molecular flexibility index (Phi) is 7.15. The fourth-order valence-electron chi connectivity index (χ4n) is 1.86. The van der Waals surface area contributed by atoms with Gasteiger partial charge in [-0.3, -0.25) is 0 Å². The Morgan fingerprint density at radius 3 is 2.83 bits per heavy atom. The molecule has 0 saturated heterocycles. The average Bonchev–Trinajstić information content (AvgIpc) is 2.36. The van der Waals surface area contributed by atoms with Crippen LogP contribution < -0.4 is 5.32 Å². The Balaban J connectivity index is 2.87. The van der Waals surface area contributed by atoms with Crippen LogP contribution in [0.5, 0.6) is 0 Å². The van der Waals surface area contributed by atoms with Crippen LogP contribution in [0.15, 0.2) is 16.6 Å². The van der Waals surface area contributed by atoms with Crippen LogP contribution in [0.2, 0.25) is 5.02 Å². The van der Waals surface area contributed by atoms with Crippen molar-refractivity contribution in [3.8, 4) is 0 Å². The largest absolute Gasteiger partial charge is 0.385 e. The molecule has 18 heavy (non-hydrogen) atoms. The van der Waals surface area contributed by atoms with Gasteiger partial charge in [0.05, 0.1) is 5.02 Å². The van der Waals surface area contributed by atoms with Crippen LogP contribution in [-0.2, 0) is 4.74 Å². The second-order valence-electron chi connectivity index (χ2n) is 4.01. The summed E-state index contributed by atoms with van der Waals surface area (Å²) >= 11 is 9.13. The first-order valence-electron chi connectivity index (χ1n) is 5.97. The quantitative estimate of drug-likeness (QED) is 0.590. The fraction of sp³-hybridized carbons (Fsp3) is 0.538. The third kappa shape index (κ3) is 4.19. The van der Waals surface area contributed by atoms with Crippen molar-refractivity contribution in [2.24, 2.45) is 0 Å². The Hall–Kier alpha value is -0.160. The number of rotatable bonds is 7. The summed E-state index contributed by atoms with van der Waals surface area (Å²) in [7, 11) is 1.67. The monoisotopic (exact) mass is 337 g/mol. The van der Waals surface area contributed by atoms with Crippen molar-refractivity contribution < 1.29 is 9.13 Å². The number of ether oxygens (including phenoxy) is 1. The number of hydrogen-bond acceptors (Lipinski definition) is 2. The molecule has 0 heterocycles. The molecule has 2 nitrogen and oxygen atoms in total. The molecular formula is C13H18BrClFNO. The average molecular weight is 339 g/mol. The van der Waals surface area contributed by atoms with Crippen LogP contribution in [0.25, 0.3) is 0 Å². The second kappa shape index (κ2) is 8.10. The fourth-order valence-corrected chi connectivity index (χ4v) is 2.33. The maximum atomic E-state index is 14.1. The van der Waals surface area contributed by atoms with E-state index in [-0.39, 0.29) is 16.9 Å². The summed E-state index contributed by atoms with van der Waals surface area (Å²) in [4.78, 5) is 0. The van der Waals surface area contributed by atoms with Gasteiger partial charge in [0, 0.05) is 29.8 Å². The molecule has 5 heteroatoms. The van der Waals surface area contributed by atoms with Gasteiger partial charge in [-0.1, -0.05) is 24.6 Å². The number of hydrogen-bond donors (Lipinski definition) is 1. The van der Waals surface area contributed by atoms with Gasteiger partial charge < -0.3 is 10.1 Å². The molecular weight excluding hydrogens is 321 g/mol. The van der Waals surface area contributed by atoms with Crippen molar-refractivity contribution in [2.75, 3.05) is 20.3 Å². The van der Waals surface area contributed by atoms with Crippen molar-refractivity contribution in [1.82, 2.24) is 5.32 Å². The van der Waals surface area contributed by atoms with E-state index >= 15 is 0 Å². The van der Waals surface area contributed by atoms with Gasteiger partial charge in [0.2, 0.25) is 0 Å². The molecule has 0 saturated carbocycles. The van der Waals surface area contributed by atoms with E-state index in [0.717, 1.165) is 19.4 Å². The van der Waals surface area contributed by atoms with Crippen molar-refractivity contribution in [3.63, 3.8) is 0 Å². The second-order valence-corrected chi connectivity index (χ2v) is 5.24. The molecule has 0 fully saturated rings. The predicted octanol–water partition coefficient (Wildman–Crippen LogP) is 4.32. The van der Waals surface area contributed by atoms with Crippen LogP contribution in [-0.4, -0.2) is 20.3 Å². The smallest absolute Gasteiger partial charge is 0.147 e. The molecule has 0 amide bonds. The lowest BCUT2D eigenvalue weighted by Gasteiger charge is -2.19. The molecule has 1 aromatic carbocycles. The Morgan fingerprint density at radius 2 is 2.22 bits per heavy atom. The predicted molar refractivity (Wildman–Crippen MR) is 76.6 cm³/mol. The van der Waals surface area contributed by atoms with E-state index in [1.807, 2.05) is 6.92 Å². The summed E-state index contributed by atoms with van der Waals surface area (Å²) in [6.07, 6.45) is 1.69. The zero-order valence-corrected chi connectivity index (χ0v) is 12.9. The van der Waals surface area contributed by atoms with Crippen molar-refractivity contribution in [3.05, 3.63) is 33.0 Å². The van der Waals surface area contributed by atoms with E-state index in [2.05, 4.69) is 21.2 Å². The van der Waals surface area contributed by atoms with Crippen LogP contribution >= 0.6 is 27.5 Å². The molecule has 0 spiro atoms. The Bertz CT molecular complexity index is 389. The van der Waals surface area contributed by atoms with Crippen molar-refractivity contribution in [2.45, 2.75) is 25.8 Å². The summed E-state index contributed by atoms with van der Waals surface area (Å²) in [6, 6.07) is 3.52. The molecule has 1 atom stereocenters. The molecule has 1 rings (SSSR count). The molecule has 0 aliphatic heterocycles. The normalized spacial score (nSPS) is 12.7. The van der Waals surface area contributed by atoms with E-state index in [0.29, 0.717) is 16.6 Å². The molecule has 0 aliphatic rings. The topological polar surface area (TPSA) is 21.3 Å². The maximum Gasteiger partial charge on any atom is 0.147 e. The number of nitrogens with one attached hydrogen (secondary N) is 1. The SMILES string of the molecule is CCNC(CCCOC)c1ccc(Br)c(Cl)c1F. The molecule has 0 radical (unpaired) electrons. The highest BCUT2D eigenvalue weighted by atomic mass is 79.9. The standard InChI is InChI=1S/C13H18BrClFNO/c1-3-17-11(5-4-8-18-2)9-6-7-10(14)12(15)13(9)16/h6-7,11,17H,3-5,8H2,1-2H3. The van der Waals surface area contributed by atoms with E-state index in [4.69, 9.17) is 16.3 Å². The zero-order chi connectivity index (χ0) is 13.5. The molecule has 102 valence electrons. The number of halogens is 3. The van der Waals surface area contributed by atoms with Gasteiger partial charge in [-0.25, -0.2) is 4.39 Å². The lowest BCUT2D eigenvalue weighted by atomic mass is 10.0. The van der Waals surface area contributed by atoms with E-state index in [1.165, 1.54) is 0 Å². The molecule has 0 aromatic heterocycles. The van der Waals surface area contributed by atoms with E-state index < -0.39 is 0 Å². The van der Waals surface area contributed by atoms with Crippen molar-refractivity contribution >= 4 is 27.5 Å². The minimum atomic E-state index is -0.352. The number of benzene rings is 1. The summed E-state index contributed by atoms with van der Waals surface area (Å²) in [5.74, 6) is -0.352. The highest BCUT2D eigenvalue weighted by Gasteiger charge is 2.18. The van der Waals surface area contributed by atoms with Crippen LogP contribution in [0.4, 0.5) is 4.39 Å². The molecule has 1 aromatic rings. The highest BCUT2D eigenvalue weighted by molar-refractivity contribution is 9.10. The summed E-state index contributed by atoms with van der Waals surface area (Å²) < 4.78 is 19.7. The Labute approximate surface area is 121 Å². The highest BCUT2D eigenvalue weighted by Crippen LogP contribution is 2.31. The van der Waals surface area contributed by atoms with Gasteiger partial charge in [-0.2, -0.15) is 0 Å². The van der Waals surface area contributed by atoms with Gasteiger partial charge >= 0.3 is 0 Å². The summed E-state index contributed by atoms with van der Waals surface area (Å²) in [5.41, 5.74) is 0.612. The van der Waals surface area contributed by atoms with Crippen LogP contribution in [0, 0.1) is 5.82 Å². The van der Waals surface area contributed by atoms with E-state index in [1.54, 1.807) is 19.2 Å². The first-order valence-corrected chi connectivity index (χ1v) is 7.14. The third-order valence-electron chi connectivity index (χ3n) is 2.73. The molecule has 1 N–H and O–H groups in total. The molecule has 0 bridgehead atoms. The van der Waals surface area contributed by atoms with Gasteiger partial charge in [0.25, 0.3) is 0 Å². The lowest BCUT2D eigenvalue weighted by molar-refractivity contribution is 0.188. The van der Waals surface area contributed by atoms with Gasteiger partial charge in [-0.15, -0.1) is 0 Å². The van der Waals surface area contributed by atoms with Gasteiger partial charge in [0.1, 0.15) is 5.82 Å². The summed E-state index contributed by atoms with van der Waals surface area (Å²) in [5, 5.41) is 3.42. The lowest BCUT2D eigenvalue weighted by Crippen LogP contribution is -2.22. The molecule has 1 unspecified atom stereocenters. The van der Waals surface area contributed by atoms with Gasteiger partial charge in [0.15, 0.2) is 0 Å². The van der Waals surface area contributed by atoms with Crippen LogP contribution in [0.1, 0.15) is 31.4 Å². The molecule has 0 aliphatic carbocycles. The minimum absolute atomic E-state index is 0.0317. The Morgan fingerprint density at radius 1 is 1.50 bits per heavy atom. The third-order valence-corrected chi connectivity index (χ3v) is 3.99. The minimum Gasteiger partial charge on any atom is -0.385 e. The van der Waals surface area contributed by atoms with Crippen molar-refractivity contribution in [1.29, 1.82) is 0 Å². The maximum absolute atomic E-state index is 14.1. The zero-order valence-electron chi connectivity index (χ0n) is 10.6. The summed E-state index contributed by atoms with van der Waals surface area (Å²) in [6.45, 7) is 3.46. The van der Waals surface area contributed by atoms with Crippen LogP contribution in [0.3, 0.4) is 0 Å². The first kappa shape index (κ1) is 15.9. The van der Waals surface area contributed by atoms with Gasteiger partial charge in [-0.05, 0) is 41.4 Å². The first-order chi connectivity index (χ1) is 8.61.